The molecule has 0 spiro atoms. The molecule has 0 bridgehead atoms. The minimum atomic E-state index is -0.702. The first-order valence-corrected chi connectivity index (χ1v) is 7.25. The lowest BCUT2D eigenvalue weighted by Crippen LogP contribution is -2.64. The van der Waals surface area contributed by atoms with Crippen molar-refractivity contribution in [1.82, 2.24) is 4.90 Å². The van der Waals surface area contributed by atoms with Gasteiger partial charge in [0.05, 0.1) is 25.8 Å². The zero-order valence-corrected chi connectivity index (χ0v) is 12.9. The summed E-state index contributed by atoms with van der Waals surface area (Å²) in [5, 5.41) is 10.1. The van der Waals surface area contributed by atoms with Gasteiger partial charge in [0.15, 0.2) is 18.1 Å². The van der Waals surface area contributed by atoms with Crippen LogP contribution in [0.25, 0.3) is 0 Å². The highest BCUT2D eigenvalue weighted by molar-refractivity contribution is 5.79. The SMILES string of the molecule is CCCC1(O)CN(C(=O)COc2ccc(C)cc2OC)C1. The number of hydrogen-bond donors (Lipinski definition) is 1. The van der Waals surface area contributed by atoms with E-state index >= 15 is 0 Å². The van der Waals surface area contributed by atoms with Crippen LogP contribution >= 0.6 is 0 Å². The second kappa shape index (κ2) is 6.35. The molecule has 0 saturated carbocycles. The largest absolute Gasteiger partial charge is 0.493 e. The summed E-state index contributed by atoms with van der Waals surface area (Å²) < 4.78 is 10.8. The molecule has 0 aliphatic carbocycles. The van der Waals surface area contributed by atoms with E-state index in [9.17, 15) is 9.90 Å². The van der Waals surface area contributed by atoms with Crippen LogP contribution in [0.1, 0.15) is 25.3 Å². The van der Waals surface area contributed by atoms with Gasteiger partial charge in [-0.05, 0) is 31.0 Å². The predicted octanol–water partition coefficient (Wildman–Crippen LogP) is 1.76. The van der Waals surface area contributed by atoms with Crippen molar-refractivity contribution in [3.63, 3.8) is 0 Å². The first-order valence-electron chi connectivity index (χ1n) is 7.25. The summed E-state index contributed by atoms with van der Waals surface area (Å²) in [6, 6.07) is 5.57. The third-order valence-electron chi connectivity index (χ3n) is 3.71. The molecule has 1 amide bonds. The third kappa shape index (κ3) is 3.67. The van der Waals surface area contributed by atoms with Crippen LogP contribution in [-0.4, -0.2) is 48.3 Å². The Morgan fingerprint density at radius 2 is 2.10 bits per heavy atom. The molecule has 5 heteroatoms. The lowest BCUT2D eigenvalue weighted by molar-refractivity contribution is -0.158. The molecule has 1 saturated heterocycles. The number of β-amino-alcohol motifs (C(OH)–C–C–N with tert-alkyl or cyclic N) is 1. The number of rotatable bonds is 6. The number of aliphatic hydroxyl groups is 1. The summed E-state index contributed by atoms with van der Waals surface area (Å²) >= 11 is 0. The van der Waals surface area contributed by atoms with Crippen molar-refractivity contribution in [3.8, 4) is 11.5 Å². The summed E-state index contributed by atoms with van der Waals surface area (Å²) in [6.45, 7) is 4.74. The van der Waals surface area contributed by atoms with Crippen molar-refractivity contribution in [2.24, 2.45) is 0 Å². The van der Waals surface area contributed by atoms with Gasteiger partial charge in [0.2, 0.25) is 0 Å². The van der Waals surface area contributed by atoms with Gasteiger partial charge < -0.3 is 19.5 Å². The molecule has 21 heavy (non-hydrogen) atoms. The van der Waals surface area contributed by atoms with Crippen molar-refractivity contribution in [3.05, 3.63) is 23.8 Å². The smallest absolute Gasteiger partial charge is 0.260 e. The van der Waals surface area contributed by atoms with Crippen molar-refractivity contribution >= 4 is 5.91 Å². The average molecular weight is 293 g/mol. The molecular formula is C16H23NO4. The molecule has 1 heterocycles. The number of amides is 1. The fraction of sp³-hybridized carbons (Fsp3) is 0.562. The Hall–Kier alpha value is -1.75. The number of methoxy groups -OCH3 is 1. The van der Waals surface area contributed by atoms with Gasteiger partial charge in [-0.1, -0.05) is 19.4 Å². The molecule has 1 aliphatic rings. The molecule has 116 valence electrons. The molecule has 0 unspecified atom stereocenters. The highest BCUT2D eigenvalue weighted by Crippen LogP contribution is 2.29. The summed E-state index contributed by atoms with van der Waals surface area (Å²) in [5.41, 5.74) is 0.365. The van der Waals surface area contributed by atoms with Gasteiger partial charge in [-0.3, -0.25) is 4.79 Å². The summed E-state index contributed by atoms with van der Waals surface area (Å²) in [6.07, 6.45) is 1.64. The first kappa shape index (κ1) is 15.6. The standard InChI is InChI=1S/C16H23NO4/c1-4-7-16(19)10-17(11-16)15(18)9-21-13-6-5-12(2)8-14(13)20-3/h5-6,8,19H,4,7,9-11H2,1-3H3. The number of ether oxygens (including phenoxy) is 2. The average Bonchev–Trinajstić information content (AvgIpc) is 2.43. The van der Waals surface area contributed by atoms with E-state index < -0.39 is 5.60 Å². The minimum absolute atomic E-state index is 0.0401. The fourth-order valence-corrected chi connectivity index (χ4v) is 2.59. The maximum Gasteiger partial charge on any atom is 0.260 e. The number of carbonyl (C=O) groups is 1. The molecule has 2 rings (SSSR count). The lowest BCUT2D eigenvalue weighted by Gasteiger charge is -2.46. The van der Waals surface area contributed by atoms with Crippen LogP contribution in [0, 0.1) is 6.92 Å². The van der Waals surface area contributed by atoms with Crippen molar-refractivity contribution in [1.29, 1.82) is 0 Å². The van der Waals surface area contributed by atoms with Crippen LogP contribution in [-0.2, 0) is 4.79 Å². The van der Waals surface area contributed by atoms with Crippen LogP contribution in [0.5, 0.6) is 11.5 Å². The summed E-state index contributed by atoms with van der Waals surface area (Å²) in [7, 11) is 1.57. The third-order valence-corrected chi connectivity index (χ3v) is 3.71. The fourth-order valence-electron chi connectivity index (χ4n) is 2.59. The number of likely N-dealkylation sites (tertiary alicyclic amines) is 1. The Balaban J connectivity index is 1.86. The van der Waals surface area contributed by atoms with Gasteiger partial charge in [0.1, 0.15) is 0 Å². The number of benzene rings is 1. The Bertz CT molecular complexity index is 509. The minimum Gasteiger partial charge on any atom is -0.493 e. The van der Waals surface area contributed by atoms with E-state index in [0.717, 1.165) is 18.4 Å². The topological polar surface area (TPSA) is 59.0 Å². The van der Waals surface area contributed by atoms with Crippen LogP contribution in [0.3, 0.4) is 0 Å². The van der Waals surface area contributed by atoms with Crippen LogP contribution in [0.15, 0.2) is 18.2 Å². The molecule has 1 aromatic rings. The number of aryl methyl sites for hydroxylation is 1. The normalized spacial score (nSPS) is 16.3. The van der Waals surface area contributed by atoms with Gasteiger partial charge in [0.25, 0.3) is 5.91 Å². The Labute approximate surface area is 125 Å². The molecule has 1 aromatic carbocycles. The maximum absolute atomic E-state index is 12.0. The predicted molar refractivity (Wildman–Crippen MR) is 79.7 cm³/mol. The molecular weight excluding hydrogens is 270 g/mol. The summed E-state index contributed by atoms with van der Waals surface area (Å²) in [4.78, 5) is 13.6. The molecule has 0 atom stereocenters. The lowest BCUT2D eigenvalue weighted by atomic mass is 9.89. The van der Waals surface area contributed by atoms with E-state index in [-0.39, 0.29) is 12.5 Å². The van der Waals surface area contributed by atoms with Gasteiger partial charge >= 0.3 is 0 Å². The molecule has 0 aromatic heterocycles. The van der Waals surface area contributed by atoms with Gasteiger partial charge in [-0.25, -0.2) is 0 Å². The molecule has 1 N–H and O–H groups in total. The zero-order chi connectivity index (χ0) is 15.5. The Kier molecular flexibility index (Phi) is 4.73. The van der Waals surface area contributed by atoms with Gasteiger partial charge in [-0.2, -0.15) is 0 Å². The number of nitrogens with zero attached hydrogens (tertiary/aromatic N) is 1. The van der Waals surface area contributed by atoms with E-state index in [2.05, 4.69) is 0 Å². The van der Waals surface area contributed by atoms with E-state index in [1.807, 2.05) is 26.0 Å². The van der Waals surface area contributed by atoms with Gasteiger partial charge in [-0.15, -0.1) is 0 Å². The molecule has 1 aliphatic heterocycles. The number of hydrogen-bond acceptors (Lipinski definition) is 4. The van der Waals surface area contributed by atoms with E-state index in [1.165, 1.54) is 0 Å². The van der Waals surface area contributed by atoms with Crippen molar-refractivity contribution < 1.29 is 19.4 Å². The maximum atomic E-state index is 12.0. The highest BCUT2D eigenvalue weighted by atomic mass is 16.5. The quantitative estimate of drug-likeness (QED) is 0.868. The molecule has 0 radical (unpaired) electrons. The molecule has 1 fully saturated rings. The second-order valence-electron chi connectivity index (χ2n) is 5.67. The number of carbonyl (C=O) groups excluding carboxylic acids is 1. The van der Waals surface area contributed by atoms with E-state index in [4.69, 9.17) is 9.47 Å². The Morgan fingerprint density at radius 1 is 1.38 bits per heavy atom. The highest BCUT2D eigenvalue weighted by Gasteiger charge is 2.42. The van der Waals surface area contributed by atoms with Crippen LogP contribution in [0.2, 0.25) is 0 Å². The first-order chi connectivity index (χ1) is 9.97. The van der Waals surface area contributed by atoms with Crippen LogP contribution < -0.4 is 9.47 Å². The van der Waals surface area contributed by atoms with Crippen molar-refractivity contribution in [2.45, 2.75) is 32.3 Å². The summed E-state index contributed by atoms with van der Waals surface area (Å²) in [5.74, 6) is 1.06. The molecule has 5 nitrogen and oxygen atoms in total. The van der Waals surface area contributed by atoms with Crippen LogP contribution in [0.4, 0.5) is 0 Å². The zero-order valence-electron chi connectivity index (χ0n) is 12.9. The Morgan fingerprint density at radius 3 is 2.71 bits per heavy atom. The monoisotopic (exact) mass is 293 g/mol. The van der Waals surface area contributed by atoms with Crippen molar-refractivity contribution in [2.75, 3.05) is 26.8 Å². The van der Waals surface area contributed by atoms with Gasteiger partial charge in [0, 0.05) is 0 Å². The van der Waals surface area contributed by atoms with E-state index in [0.29, 0.717) is 24.6 Å². The second-order valence-corrected chi connectivity index (χ2v) is 5.67. The van der Waals surface area contributed by atoms with E-state index in [1.54, 1.807) is 18.1 Å².